The molecule has 0 saturated heterocycles. The fourth-order valence-corrected chi connectivity index (χ4v) is 1.55. The molecule has 0 aromatic heterocycles. The molecular weight excluding hydrogens is 164 g/mol. The van der Waals surface area contributed by atoms with Crippen molar-refractivity contribution in [3.63, 3.8) is 0 Å². The highest BCUT2D eigenvalue weighted by atomic mass is 16.3. The third kappa shape index (κ3) is 1.60. The summed E-state index contributed by atoms with van der Waals surface area (Å²) in [5.74, 6) is 0. The van der Waals surface area contributed by atoms with E-state index < -0.39 is 0 Å². The SMILES string of the molecule is Cc1ccc2c(c1)N[C@H](CO)CN2. The van der Waals surface area contributed by atoms with E-state index in [1.165, 1.54) is 5.56 Å². The molecular formula is C10H14N2O. The van der Waals surface area contributed by atoms with Crippen molar-refractivity contribution in [2.24, 2.45) is 0 Å². The van der Waals surface area contributed by atoms with Crippen LogP contribution >= 0.6 is 0 Å². The van der Waals surface area contributed by atoms with E-state index in [1.54, 1.807) is 0 Å². The van der Waals surface area contributed by atoms with Crippen molar-refractivity contribution in [1.29, 1.82) is 0 Å². The first-order valence-corrected chi connectivity index (χ1v) is 4.51. The van der Waals surface area contributed by atoms with Gasteiger partial charge in [-0.2, -0.15) is 0 Å². The van der Waals surface area contributed by atoms with E-state index in [0.29, 0.717) is 0 Å². The van der Waals surface area contributed by atoms with Gasteiger partial charge in [-0.25, -0.2) is 0 Å². The fraction of sp³-hybridized carbons (Fsp3) is 0.400. The first-order chi connectivity index (χ1) is 6.29. The van der Waals surface area contributed by atoms with Crippen molar-refractivity contribution in [1.82, 2.24) is 0 Å². The largest absolute Gasteiger partial charge is 0.394 e. The Bertz CT molecular complexity index is 312. The second-order valence-corrected chi connectivity index (χ2v) is 3.45. The number of nitrogens with one attached hydrogen (secondary N) is 2. The molecule has 0 radical (unpaired) electrons. The summed E-state index contributed by atoms with van der Waals surface area (Å²) in [6, 6.07) is 6.36. The highest BCUT2D eigenvalue weighted by molar-refractivity contribution is 5.72. The molecule has 0 aliphatic carbocycles. The highest BCUT2D eigenvalue weighted by Crippen LogP contribution is 2.26. The average molecular weight is 178 g/mol. The maximum absolute atomic E-state index is 8.98. The van der Waals surface area contributed by atoms with Crippen molar-refractivity contribution in [3.05, 3.63) is 23.8 Å². The molecule has 0 spiro atoms. The molecule has 3 heteroatoms. The number of rotatable bonds is 1. The molecule has 1 aromatic carbocycles. The molecule has 2 rings (SSSR count). The first-order valence-electron chi connectivity index (χ1n) is 4.51. The number of hydrogen-bond donors (Lipinski definition) is 3. The molecule has 0 bridgehead atoms. The van der Waals surface area contributed by atoms with E-state index in [-0.39, 0.29) is 12.6 Å². The summed E-state index contributed by atoms with van der Waals surface area (Å²) in [6.45, 7) is 3.01. The van der Waals surface area contributed by atoms with Crippen LogP contribution in [0.25, 0.3) is 0 Å². The number of benzene rings is 1. The van der Waals surface area contributed by atoms with Gasteiger partial charge in [-0.15, -0.1) is 0 Å². The van der Waals surface area contributed by atoms with Gasteiger partial charge in [-0.3, -0.25) is 0 Å². The van der Waals surface area contributed by atoms with Crippen LogP contribution in [0.1, 0.15) is 5.56 Å². The van der Waals surface area contributed by atoms with E-state index in [9.17, 15) is 0 Å². The van der Waals surface area contributed by atoms with Crippen molar-refractivity contribution in [2.45, 2.75) is 13.0 Å². The molecule has 1 aromatic rings. The Kier molecular flexibility index (Phi) is 2.10. The Labute approximate surface area is 77.8 Å². The van der Waals surface area contributed by atoms with Gasteiger partial charge in [0.1, 0.15) is 0 Å². The predicted octanol–water partition coefficient (Wildman–Crippen LogP) is 1.19. The fourth-order valence-electron chi connectivity index (χ4n) is 1.55. The van der Waals surface area contributed by atoms with Gasteiger partial charge in [0.15, 0.2) is 0 Å². The zero-order valence-corrected chi connectivity index (χ0v) is 7.67. The van der Waals surface area contributed by atoms with E-state index in [2.05, 4.69) is 35.8 Å². The van der Waals surface area contributed by atoms with Gasteiger partial charge in [0.05, 0.1) is 24.0 Å². The molecule has 0 amide bonds. The molecule has 13 heavy (non-hydrogen) atoms. The molecule has 1 atom stereocenters. The topological polar surface area (TPSA) is 44.3 Å². The van der Waals surface area contributed by atoms with Crippen molar-refractivity contribution >= 4 is 11.4 Å². The maximum atomic E-state index is 8.98. The molecule has 1 aliphatic rings. The number of aryl methyl sites for hydroxylation is 1. The van der Waals surface area contributed by atoms with Crippen LogP contribution in [0.3, 0.4) is 0 Å². The van der Waals surface area contributed by atoms with E-state index in [0.717, 1.165) is 17.9 Å². The summed E-state index contributed by atoms with van der Waals surface area (Å²) in [4.78, 5) is 0. The van der Waals surface area contributed by atoms with Gasteiger partial charge in [0.25, 0.3) is 0 Å². The molecule has 1 heterocycles. The van der Waals surface area contributed by atoms with Gasteiger partial charge in [0, 0.05) is 6.54 Å². The van der Waals surface area contributed by atoms with Gasteiger partial charge in [0.2, 0.25) is 0 Å². The minimum absolute atomic E-state index is 0.134. The van der Waals surface area contributed by atoms with Crippen molar-refractivity contribution in [2.75, 3.05) is 23.8 Å². The number of hydrogen-bond acceptors (Lipinski definition) is 3. The van der Waals surface area contributed by atoms with Crippen LogP contribution in [0, 0.1) is 6.92 Å². The number of aliphatic hydroxyl groups excluding tert-OH is 1. The minimum Gasteiger partial charge on any atom is -0.394 e. The van der Waals surface area contributed by atoms with Gasteiger partial charge >= 0.3 is 0 Å². The van der Waals surface area contributed by atoms with Crippen LogP contribution in [-0.4, -0.2) is 24.3 Å². The molecule has 0 saturated carbocycles. The van der Waals surface area contributed by atoms with Crippen LogP contribution in [0.2, 0.25) is 0 Å². The normalized spacial score (nSPS) is 20.0. The standard InChI is InChI=1S/C10H14N2O/c1-7-2-3-9-10(4-7)12-8(6-13)5-11-9/h2-4,8,11-13H,5-6H2,1H3/t8-/m0/s1. The third-order valence-electron chi connectivity index (χ3n) is 2.29. The first kappa shape index (κ1) is 8.38. The van der Waals surface area contributed by atoms with Crippen molar-refractivity contribution < 1.29 is 5.11 Å². The second kappa shape index (κ2) is 3.26. The van der Waals surface area contributed by atoms with Crippen LogP contribution in [0.15, 0.2) is 18.2 Å². The van der Waals surface area contributed by atoms with E-state index >= 15 is 0 Å². The quantitative estimate of drug-likeness (QED) is 0.605. The summed E-state index contributed by atoms with van der Waals surface area (Å²) >= 11 is 0. The Morgan fingerprint density at radius 2 is 2.31 bits per heavy atom. The zero-order valence-electron chi connectivity index (χ0n) is 7.67. The van der Waals surface area contributed by atoms with Crippen LogP contribution in [0.4, 0.5) is 11.4 Å². The van der Waals surface area contributed by atoms with Crippen LogP contribution in [0.5, 0.6) is 0 Å². The summed E-state index contributed by atoms with van der Waals surface area (Å²) < 4.78 is 0. The van der Waals surface area contributed by atoms with Gasteiger partial charge in [-0.05, 0) is 24.6 Å². The molecule has 1 aliphatic heterocycles. The van der Waals surface area contributed by atoms with Gasteiger partial charge in [-0.1, -0.05) is 6.07 Å². The monoisotopic (exact) mass is 178 g/mol. The molecule has 70 valence electrons. The predicted molar refractivity (Wildman–Crippen MR) is 54.2 cm³/mol. The molecule has 3 N–H and O–H groups in total. The number of fused-ring (bicyclic) bond motifs is 1. The lowest BCUT2D eigenvalue weighted by molar-refractivity contribution is 0.277. The molecule has 3 nitrogen and oxygen atoms in total. The lowest BCUT2D eigenvalue weighted by Gasteiger charge is -2.27. The maximum Gasteiger partial charge on any atom is 0.0665 e. The number of anilines is 2. The van der Waals surface area contributed by atoms with Crippen molar-refractivity contribution in [3.8, 4) is 0 Å². The highest BCUT2D eigenvalue weighted by Gasteiger charge is 2.15. The molecule has 0 unspecified atom stereocenters. The summed E-state index contributed by atoms with van der Waals surface area (Å²) in [7, 11) is 0. The lowest BCUT2D eigenvalue weighted by Crippen LogP contribution is -2.35. The Morgan fingerprint density at radius 1 is 1.46 bits per heavy atom. The Hall–Kier alpha value is -1.22. The third-order valence-corrected chi connectivity index (χ3v) is 2.29. The zero-order chi connectivity index (χ0) is 9.26. The second-order valence-electron chi connectivity index (χ2n) is 3.45. The van der Waals surface area contributed by atoms with Gasteiger partial charge < -0.3 is 15.7 Å². The van der Waals surface area contributed by atoms with E-state index in [4.69, 9.17) is 5.11 Å². The van der Waals surface area contributed by atoms with E-state index in [1.807, 2.05) is 0 Å². The Balaban J connectivity index is 2.27. The van der Waals surface area contributed by atoms with Crippen LogP contribution < -0.4 is 10.6 Å². The minimum atomic E-state index is 0.134. The Morgan fingerprint density at radius 3 is 3.08 bits per heavy atom. The lowest BCUT2D eigenvalue weighted by atomic mass is 10.1. The van der Waals surface area contributed by atoms with Crippen LogP contribution in [-0.2, 0) is 0 Å². The average Bonchev–Trinajstić information content (AvgIpc) is 2.16. The smallest absolute Gasteiger partial charge is 0.0665 e. The number of aliphatic hydroxyl groups is 1. The molecule has 0 fully saturated rings. The summed E-state index contributed by atoms with van der Waals surface area (Å²) in [5, 5.41) is 15.5. The summed E-state index contributed by atoms with van der Waals surface area (Å²) in [6.07, 6.45) is 0. The summed E-state index contributed by atoms with van der Waals surface area (Å²) in [5.41, 5.74) is 3.44.